The minimum atomic E-state index is -6.17. The summed E-state index contributed by atoms with van der Waals surface area (Å²) in [5, 5.41) is 4.79. The van der Waals surface area contributed by atoms with Gasteiger partial charge in [-0.1, -0.05) is 102 Å². The smallest absolute Gasteiger partial charge is 0.166 e. The average molecular weight is 642 g/mol. The van der Waals surface area contributed by atoms with E-state index in [1.807, 2.05) is 65.8 Å². The molecule has 0 bridgehead atoms. The topological polar surface area (TPSA) is 201 Å². The first-order valence-electron chi connectivity index (χ1n) is 12.9. The normalized spacial score (nSPS) is 11.9. The van der Waals surface area contributed by atoms with Gasteiger partial charge in [-0.2, -0.15) is 0 Å². The zero-order valence-corrected chi connectivity index (χ0v) is 27.2. The molecule has 0 aliphatic carbocycles. The molecule has 0 radical (unpaired) electrons. The van der Waals surface area contributed by atoms with Gasteiger partial charge in [-0.25, -0.2) is 26.8 Å². The highest BCUT2D eigenvalue weighted by atomic mass is 33.2. The van der Waals surface area contributed by atoms with Crippen LogP contribution in [0.2, 0.25) is 0 Å². The molecule has 0 atom stereocenters. The zero-order chi connectivity index (χ0) is 33.0. The van der Waals surface area contributed by atoms with Gasteiger partial charge in [0, 0.05) is 31.9 Å². The van der Waals surface area contributed by atoms with Crippen LogP contribution in [0.5, 0.6) is 0 Å². The molecule has 1 aromatic heterocycles. The van der Waals surface area contributed by atoms with Crippen molar-refractivity contribution in [2.24, 2.45) is 0 Å². The van der Waals surface area contributed by atoms with Crippen LogP contribution in [0, 0.1) is 0 Å². The van der Waals surface area contributed by atoms with Gasteiger partial charge in [0.1, 0.15) is 0 Å². The number of aromatic nitrogens is 2. The second-order valence-corrected chi connectivity index (χ2v) is 15.7. The lowest BCUT2D eigenvalue weighted by Crippen LogP contribution is -2.38. The third kappa shape index (κ3) is 10.9. The van der Waals surface area contributed by atoms with Crippen LogP contribution in [-0.4, -0.2) is 61.7 Å². The van der Waals surface area contributed by atoms with Crippen molar-refractivity contribution in [3.05, 3.63) is 72.8 Å². The molecule has 0 amide bonds. The number of para-hydroxylation sites is 2. The van der Waals surface area contributed by atoms with E-state index in [9.17, 15) is 21.7 Å². The quantitative estimate of drug-likeness (QED) is 0.0998. The molecule has 0 spiro atoms. The molecular formula is C28H37N2O9S3-3. The summed E-state index contributed by atoms with van der Waals surface area (Å²) in [7, 11) is -15.7. The highest BCUT2D eigenvalue weighted by Crippen LogP contribution is 2.33. The van der Waals surface area contributed by atoms with E-state index in [0.717, 1.165) is 32.8 Å². The molecule has 14 heteroatoms. The number of hydrogen-bond donors (Lipinski definition) is 1. The molecule has 234 valence electrons. The number of nitrogens with zero attached hydrogens (tertiary/aromatic N) is 2. The Kier molecular flexibility index (Phi) is 14.8. The third-order valence-electron chi connectivity index (χ3n) is 4.69. The maximum atomic E-state index is 9.91. The molecular weight excluding hydrogens is 605 g/mol. The molecule has 1 N–H and O–H groups in total. The van der Waals surface area contributed by atoms with Crippen molar-refractivity contribution in [2.45, 2.75) is 41.5 Å². The van der Waals surface area contributed by atoms with Crippen molar-refractivity contribution >= 4 is 71.5 Å². The highest BCUT2D eigenvalue weighted by Gasteiger charge is 2.20. The molecule has 0 fully saturated rings. The summed E-state index contributed by atoms with van der Waals surface area (Å²) in [6.45, 7) is 12.0. The SMILES string of the molecule is CC.CC.CC.CS(=O)(=O)[O-].CS(=O)([O-])(O)S(=O)(=O)[O-].c1ccc2nc3c4ccccc4c4ccccc4c3nc2c1. The Hall–Kier alpha value is -3.11. The zero-order valence-electron chi connectivity index (χ0n) is 24.8. The summed E-state index contributed by atoms with van der Waals surface area (Å²) in [5.74, 6) is 0. The van der Waals surface area contributed by atoms with Crippen LogP contribution in [0.1, 0.15) is 41.5 Å². The van der Waals surface area contributed by atoms with Crippen LogP contribution >= 0.6 is 0 Å². The van der Waals surface area contributed by atoms with E-state index in [1.165, 1.54) is 10.8 Å². The lowest BCUT2D eigenvalue weighted by Gasteiger charge is -2.39. The van der Waals surface area contributed by atoms with Crippen molar-refractivity contribution < 1.29 is 39.3 Å². The van der Waals surface area contributed by atoms with Crippen molar-refractivity contribution in [2.75, 3.05) is 12.5 Å². The van der Waals surface area contributed by atoms with E-state index in [-0.39, 0.29) is 6.26 Å². The summed E-state index contributed by atoms with van der Waals surface area (Å²) in [6, 6.07) is 24.9. The molecule has 0 unspecified atom stereocenters. The number of rotatable bonds is 1. The second-order valence-electron chi connectivity index (χ2n) is 7.72. The fraction of sp³-hybridized carbons (Fsp3) is 0.286. The van der Waals surface area contributed by atoms with E-state index in [0.29, 0.717) is 6.26 Å². The van der Waals surface area contributed by atoms with E-state index in [1.54, 1.807) is 0 Å². The Morgan fingerprint density at radius 1 is 0.619 bits per heavy atom. The van der Waals surface area contributed by atoms with Gasteiger partial charge in [0.25, 0.3) is 0 Å². The van der Waals surface area contributed by atoms with Gasteiger partial charge in [0.2, 0.25) is 0 Å². The first-order chi connectivity index (χ1) is 19.4. The van der Waals surface area contributed by atoms with E-state index >= 15 is 0 Å². The largest absolute Gasteiger partial charge is 0.759 e. The summed E-state index contributed by atoms with van der Waals surface area (Å²) in [4.78, 5) is 9.79. The maximum absolute atomic E-state index is 9.91. The number of fused-ring (bicyclic) bond motifs is 7. The fourth-order valence-electron chi connectivity index (χ4n) is 3.22. The average Bonchev–Trinajstić information content (AvgIpc) is 2.93. The van der Waals surface area contributed by atoms with Crippen molar-refractivity contribution in [3.8, 4) is 0 Å². The van der Waals surface area contributed by atoms with Crippen molar-refractivity contribution in [1.82, 2.24) is 9.97 Å². The standard InChI is InChI=1S/C20H12N2.3C2H6.CH6O6S2.CH4O3S/c1-3-9-15-13(7-1)14-8-2-4-10-16(14)20-19(15)21-17-11-5-6-12-18(17)22-20;3*1-2;1-9(5,6,7)8(2,3)4;1-5(2,3)4/h1-12H;3*1-2H3;1H3,(H,2,3,4)(H2,5,6,7);1H3,(H,2,3,4)/p-3. The Morgan fingerprint density at radius 3 is 1.07 bits per heavy atom. The predicted octanol–water partition coefficient (Wildman–Crippen LogP) is 5.83. The Bertz CT molecular complexity index is 1790. The first kappa shape index (κ1) is 38.9. The van der Waals surface area contributed by atoms with Crippen LogP contribution in [0.15, 0.2) is 72.8 Å². The lowest BCUT2D eigenvalue weighted by atomic mass is 9.99. The van der Waals surface area contributed by atoms with Gasteiger partial charge in [0.05, 0.1) is 32.2 Å². The molecule has 5 aromatic rings. The van der Waals surface area contributed by atoms with Gasteiger partial charge in [-0.3, -0.25) is 4.21 Å². The minimum Gasteiger partial charge on any atom is -0.759 e. The summed E-state index contributed by atoms with van der Waals surface area (Å²) < 4.78 is 83.7. The molecule has 0 aliphatic heterocycles. The van der Waals surface area contributed by atoms with Crippen LogP contribution in [-0.2, 0) is 27.9 Å². The summed E-state index contributed by atoms with van der Waals surface area (Å²) in [6.07, 6.45) is 0.548. The van der Waals surface area contributed by atoms with Crippen molar-refractivity contribution in [3.63, 3.8) is 0 Å². The van der Waals surface area contributed by atoms with E-state index in [2.05, 4.69) is 48.5 Å². The Labute approximate surface area is 247 Å². The van der Waals surface area contributed by atoms with Crippen molar-refractivity contribution in [1.29, 1.82) is 0 Å². The third-order valence-corrected chi connectivity index (χ3v) is 8.38. The van der Waals surface area contributed by atoms with Gasteiger partial charge >= 0.3 is 0 Å². The highest BCUT2D eigenvalue weighted by molar-refractivity contribution is 8.74. The van der Waals surface area contributed by atoms with Crippen LogP contribution in [0.4, 0.5) is 0 Å². The molecule has 11 nitrogen and oxygen atoms in total. The van der Waals surface area contributed by atoms with Gasteiger partial charge in [0.15, 0.2) is 9.15 Å². The van der Waals surface area contributed by atoms with Crippen LogP contribution in [0.25, 0.3) is 43.6 Å². The minimum absolute atomic E-state index is 0.0560. The monoisotopic (exact) mass is 641 g/mol. The molecule has 0 saturated heterocycles. The molecule has 0 saturated carbocycles. The summed E-state index contributed by atoms with van der Waals surface area (Å²) >= 11 is 0. The molecule has 4 aromatic carbocycles. The molecule has 5 rings (SSSR count). The van der Waals surface area contributed by atoms with Gasteiger partial charge in [-0.05, 0) is 22.9 Å². The van der Waals surface area contributed by atoms with Crippen LogP contribution < -0.4 is 0 Å². The Morgan fingerprint density at radius 2 is 0.833 bits per heavy atom. The summed E-state index contributed by atoms with van der Waals surface area (Å²) in [5.41, 5.74) is 3.84. The van der Waals surface area contributed by atoms with Gasteiger partial charge in [-0.15, -0.1) is 0 Å². The molecule has 0 aliphatic rings. The second kappa shape index (κ2) is 15.9. The van der Waals surface area contributed by atoms with E-state index < -0.39 is 27.9 Å². The predicted molar refractivity (Wildman–Crippen MR) is 169 cm³/mol. The fourth-order valence-corrected chi connectivity index (χ4v) is 3.22. The lowest BCUT2D eigenvalue weighted by molar-refractivity contribution is 0.382. The first-order valence-corrected chi connectivity index (χ1v) is 18.9. The molecule has 42 heavy (non-hydrogen) atoms. The maximum Gasteiger partial charge on any atom is 0.166 e. The van der Waals surface area contributed by atoms with Crippen LogP contribution in [0.3, 0.4) is 0 Å². The molecule has 1 heterocycles. The van der Waals surface area contributed by atoms with Gasteiger partial charge < -0.3 is 18.2 Å². The number of hydrogen-bond acceptors (Lipinski definition) is 10. The Balaban J connectivity index is 0.000000707. The number of benzene rings is 4. The van der Waals surface area contributed by atoms with E-state index in [4.69, 9.17) is 27.5 Å².